The van der Waals surface area contributed by atoms with E-state index in [1.807, 2.05) is 49.2 Å². The van der Waals surface area contributed by atoms with Crippen LogP contribution < -0.4 is 4.74 Å². The zero-order valence-corrected chi connectivity index (χ0v) is 18.9. The van der Waals surface area contributed by atoms with Crippen LogP contribution in [-0.2, 0) is 6.54 Å². The number of pyridine rings is 1. The summed E-state index contributed by atoms with van der Waals surface area (Å²) in [6.07, 6.45) is 1.86. The number of halogens is 1. The quantitative estimate of drug-likeness (QED) is 0.543. The van der Waals surface area contributed by atoms with Gasteiger partial charge in [-0.2, -0.15) is 0 Å². The molecule has 0 atom stereocenters. The number of nitrogens with zero attached hydrogens (tertiary/aromatic N) is 3. The topological polar surface area (TPSA) is 45.7 Å². The summed E-state index contributed by atoms with van der Waals surface area (Å²) < 4.78 is 6.79. The maximum atomic E-state index is 13.2. The minimum absolute atomic E-state index is 0.0111. The number of hydrogen-bond acceptors (Lipinski definition) is 4. The van der Waals surface area contributed by atoms with Gasteiger partial charge in [-0.1, -0.05) is 40.2 Å². The van der Waals surface area contributed by atoms with Gasteiger partial charge < -0.3 is 9.64 Å². The van der Waals surface area contributed by atoms with E-state index in [9.17, 15) is 4.79 Å². The van der Waals surface area contributed by atoms with Crippen LogP contribution in [0.25, 0.3) is 10.9 Å². The smallest absolute Gasteiger partial charge is 0.257 e. The largest absolute Gasteiger partial charge is 0.490 e. The number of amides is 1. The highest BCUT2D eigenvalue weighted by Gasteiger charge is 2.25. The standard InChI is InChI=1S/C24H26BrN3O2/c1-17(2)30-22-15-20(25)8-9-21(22)24(29)28-13-11-27(12-14-28)16-19-6-3-5-18-7-4-10-26-23(18)19/h3-10,15,17H,11-14,16H2,1-2H3. The van der Waals surface area contributed by atoms with E-state index in [1.165, 1.54) is 5.56 Å². The van der Waals surface area contributed by atoms with Crippen LogP contribution in [0.2, 0.25) is 0 Å². The molecule has 0 bridgehead atoms. The third-order valence-corrected chi connectivity index (χ3v) is 5.80. The SMILES string of the molecule is CC(C)Oc1cc(Br)ccc1C(=O)N1CCN(Cc2cccc3cccnc23)CC1. The fraction of sp³-hybridized carbons (Fsp3) is 0.333. The number of carbonyl (C=O) groups is 1. The molecule has 30 heavy (non-hydrogen) atoms. The van der Waals surface area contributed by atoms with Crippen LogP contribution in [0.15, 0.2) is 59.2 Å². The van der Waals surface area contributed by atoms with Gasteiger partial charge in [0.05, 0.1) is 17.2 Å². The van der Waals surface area contributed by atoms with Crippen LogP contribution in [0.4, 0.5) is 0 Å². The molecule has 1 aromatic heterocycles. The Labute approximate surface area is 185 Å². The summed E-state index contributed by atoms with van der Waals surface area (Å²) in [5, 5.41) is 1.16. The average Bonchev–Trinajstić information content (AvgIpc) is 2.74. The van der Waals surface area contributed by atoms with Gasteiger partial charge in [0.15, 0.2) is 0 Å². The fourth-order valence-corrected chi connectivity index (χ4v) is 4.18. The maximum absolute atomic E-state index is 13.2. The van der Waals surface area contributed by atoms with Crippen LogP contribution in [0.5, 0.6) is 5.75 Å². The van der Waals surface area contributed by atoms with Gasteiger partial charge in [-0.3, -0.25) is 14.7 Å². The zero-order valence-electron chi connectivity index (χ0n) is 17.3. The van der Waals surface area contributed by atoms with Gasteiger partial charge in [0.25, 0.3) is 5.91 Å². The molecule has 5 nitrogen and oxygen atoms in total. The van der Waals surface area contributed by atoms with Crippen molar-refractivity contribution < 1.29 is 9.53 Å². The number of hydrogen-bond donors (Lipinski definition) is 0. The van der Waals surface area contributed by atoms with Crippen molar-refractivity contribution in [2.75, 3.05) is 26.2 Å². The van der Waals surface area contributed by atoms with E-state index in [0.29, 0.717) is 24.4 Å². The minimum atomic E-state index is 0.0111. The van der Waals surface area contributed by atoms with Crippen LogP contribution in [0, 0.1) is 0 Å². The Morgan fingerprint density at radius 3 is 2.63 bits per heavy atom. The second-order valence-electron chi connectivity index (χ2n) is 7.87. The molecule has 0 spiro atoms. The third-order valence-electron chi connectivity index (χ3n) is 5.31. The summed E-state index contributed by atoms with van der Waals surface area (Å²) in [6, 6.07) is 16.0. The Balaban J connectivity index is 1.43. The zero-order chi connectivity index (χ0) is 21.1. The van der Waals surface area contributed by atoms with E-state index < -0.39 is 0 Å². The Hall–Kier alpha value is -2.44. The molecule has 1 amide bonds. The Morgan fingerprint density at radius 2 is 1.87 bits per heavy atom. The molecule has 1 fully saturated rings. The van der Waals surface area contributed by atoms with Crippen molar-refractivity contribution in [2.24, 2.45) is 0 Å². The number of aromatic nitrogens is 1. The molecule has 0 saturated carbocycles. The molecule has 6 heteroatoms. The lowest BCUT2D eigenvalue weighted by molar-refractivity contribution is 0.0623. The Morgan fingerprint density at radius 1 is 1.10 bits per heavy atom. The summed E-state index contributed by atoms with van der Waals surface area (Å²) >= 11 is 3.47. The summed E-state index contributed by atoms with van der Waals surface area (Å²) in [4.78, 5) is 22.0. The highest BCUT2D eigenvalue weighted by molar-refractivity contribution is 9.10. The molecule has 4 rings (SSSR count). The van der Waals surface area contributed by atoms with Crippen molar-refractivity contribution in [1.29, 1.82) is 0 Å². The Bertz CT molecular complexity index is 1040. The highest BCUT2D eigenvalue weighted by Crippen LogP contribution is 2.27. The number of carbonyl (C=O) groups excluding carboxylic acids is 1. The maximum Gasteiger partial charge on any atom is 0.257 e. The van der Waals surface area contributed by atoms with Gasteiger partial charge in [0, 0.05) is 48.8 Å². The first kappa shape index (κ1) is 20.8. The summed E-state index contributed by atoms with van der Waals surface area (Å²) in [6.45, 7) is 7.86. The van der Waals surface area contributed by atoms with Crippen molar-refractivity contribution in [3.8, 4) is 5.75 Å². The van der Waals surface area contributed by atoms with Gasteiger partial charge >= 0.3 is 0 Å². The molecule has 1 saturated heterocycles. The summed E-state index contributed by atoms with van der Waals surface area (Å²) in [7, 11) is 0. The number of piperazine rings is 1. The third kappa shape index (κ3) is 4.65. The van der Waals surface area contributed by atoms with E-state index >= 15 is 0 Å². The molecule has 156 valence electrons. The molecule has 3 aromatic rings. The monoisotopic (exact) mass is 467 g/mol. The minimum Gasteiger partial charge on any atom is -0.490 e. The van der Waals surface area contributed by atoms with Crippen molar-refractivity contribution in [3.63, 3.8) is 0 Å². The lowest BCUT2D eigenvalue weighted by Crippen LogP contribution is -2.48. The number of ether oxygens (including phenoxy) is 1. The van der Waals surface area contributed by atoms with Gasteiger partial charge in [-0.15, -0.1) is 0 Å². The molecule has 1 aliphatic heterocycles. The molecular weight excluding hydrogens is 442 g/mol. The second-order valence-corrected chi connectivity index (χ2v) is 8.78. The van der Waals surface area contributed by atoms with Crippen molar-refractivity contribution in [3.05, 3.63) is 70.3 Å². The predicted octanol–water partition coefficient (Wildman–Crippen LogP) is 4.74. The van der Waals surface area contributed by atoms with Crippen LogP contribution in [0.3, 0.4) is 0 Å². The van der Waals surface area contributed by atoms with Crippen molar-refractivity contribution in [2.45, 2.75) is 26.5 Å². The van der Waals surface area contributed by atoms with Gasteiger partial charge in [0.2, 0.25) is 0 Å². The van der Waals surface area contributed by atoms with Gasteiger partial charge in [-0.05, 0) is 43.7 Å². The summed E-state index contributed by atoms with van der Waals surface area (Å²) in [5.74, 6) is 0.665. The van der Waals surface area contributed by atoms with Crippen LogP contribution >= 0.6 is 15.9 Å². The van der Waals surface area contributed by atoms with E-state index in [-0.39, 0.29) is 12.0 Å². The second kappa shape index (κ2) is 9.14. The van der Waals surface area contributed by atoms with E-state index in [1.54, 1.807) is 0 Å². The fourth-order valence-electron chi connectivity index (χ4n) is 3.84. The number of fused-ring (bicyclic) bond motifs is 1. The lowest BCUT2D eigenvalue weighted by atomic mass is 10.1. The van der Waals surface area contributed by atoms with E-state index in [2.05, 4.69) is 50.1 Å². The first-order chi connectivity index (χ1) is 14.5. The molecule has 0 N–H and O–H groups in total. The highest BCUT2D eigenvalue weighted by atomic mass is 79.9. The Kier molecular flexibility index (Phi) is 6.35. The molecule has 0 radical (unpaired) electrons. The molecule has 2 aromatic carbocycles. The first-order valence-corrected chi connectivity index (χ1v) is 11.1. The van der Waals surface area contributed by atoms with Gasteiger partial charge in [-0.25, -0.2) is 0 Å². The van der Waals surface area contributed by atoms with E-state index in [4.69, 9.17) is 4.74 Å². The number of benzene rings is 2. The average molecular weight is 468 g/mol. The first-order valence-electron chi connectivity index (χ1n) is 10.3. The number of rotatable bonds is 5. The van der Waals surface area contributed by atoms with Gasteiger partial charge in [0.1, 0.15) is 5.75 Å². The molecule has 0 aliphatic carbocycles. The van der Waals surface area contributed by atoms with E-state index in [0.717, 1.165) is 35.0 Å². The van der Waals surface area contributed by atoms with Crippen molar-refractivity contribution in [1.82, 2.24) is 14.8 Å². The molecular formula is C24H26BrN3O2. The van der Waals surface area contributed by atoms with Crippen molar-refractivity contribution >= 4 is 32.7 Å². The normalized spacial score (nSPS) is 15.0. The lowest BCUT2D eigenvalue weighted by Gasteiger charge is -2.35. The number of para-hydroxylation sites is 1. The summed E-state index contributed by atoms with van der Waals surface area (Å²) in [5.41, 5.74) is 2.91. The molecule has 0 unspecified atom stereocenters. The molecule has 2 heterocycles. The van der Waals surface area contributed by atoms with Crippen LogP contribution in [0.1, 0.15) is 29.8 Å². The predicted molar refractivity (Wildman–Crippen MR) is 123 cm³/mol. The van der Waals surface area contributed by atoms with Crippen LogP contribution in [-0.4, -0.2) is 53.0 Å². The molecule has 1 aliphatic rings.